The largest absolute Gasteiger partial charge is 0.493 e. The van der Waals surface area contributed by atoms with Crippen LogP contribution in [0.2, 0.25) is 0 Å². The lowest BCUT2D eigenvalue weighted by atomic mass is 10.1. The second kappa shape index (κ2) is 5.17. The third-order valence-corrected chi connectivity index (χ3v) is 3.03. The van der Waals surface area contributed by atoms with Gasteiger partial charge < -0.3 is 19.7 Å². The molecule has 0 radical (unpaired) electrons. The average molecular weight is 236 g/mol. The second-order valence-corrected chi connectivity index (χ2v) is 4.14. The van der Waals surface area contributed by atoms with E-state index in [0.717, 1.165) is 43.2 Å². The summed E-state index contributed by atoms with van der Waals surface area (Å²) in [6.45, 7) is 5.28. The molecule has 0 saturated carbocycles. The van der Waals surface area contributed by atoms with Gasteiger partial charge in [-0.25, -0.2) is 0 Å². The molecule has 94 valence electrons. The molecule has 4 nitrogen and oxygen atoms in total. The molecule has 1 aliphatic heterocycles. The van der Waals surface area contributed by atoms with Gasteiger partial charge in [-0.3, -0.25) is 0 Å². The third kappa shape index (κ3) is 2.25. The van der Waals surface area contributed by atoms with Crippen molar-refractivity contribution in [2.24, 2.45) is 0 Å². The van der Waals surface area contributed by atoms with Crippen LogP contribution < -0.4 is 19.7 Å². The van der Waals surface area contributed by atoms with Crippen molar-refractivity contribution in [2.45, 2.75) is 13.3 Å². The summed E-state index contributed by atoms with van der Waals surface area (Å²) in [4.78, 5) is 2.38. The predicted molar refractivity (Wildman–Crippen MR) is 70.5 cm³/mol. The summed E-state index contributed by atoms with van der Waals surface area (Å²) in [5.41, 5.74) is 2.33. The van der Waals surface area contributed by atoms with E-state index in [1.54, 1.807) is 14.2 Å². The smallest absolute Gasteiger partial charge is 0.162 e. The topological polar surface area (TPSA) is 33.7 Å². The van der Waals surface area contributed by atoms with Crippen LogP contribution in [-0.4, -0.2) is 33.9 Å². The summed E-state index contributed by atoms with van der Waals surface area (Å²) in [5, 5.41) is 3.40. The predicted octanol–water partition coefficient (Wildman–Crippen LogP) is 2.35. The van der Waals surface area contributed by atoms with E-state index in [9.17, 15) is 0 Å². The number of nitrogens with one attached hydrogen (secondary N) is 1. The van der Waals surface area contributed by atoms with Crippen LogP contribution in [0.25, 0.3) is 0 Å². The van der Waals surface area contributed by atoms with Crippen LogP contribution in [0, 0.1) is 0 Å². The van der Waals surface area contributed by atoms with E-state index in [4.69, 9.17) is 9.47 Å². The van der Waals surface area contributed by atoms with E-state index < -0.39 is 0 Å². The molecule has 4 heteroatoms. The lowest BCUT2D eigenvalue weighted by Crippen LogP contribution is -2.34. The minimum Gasteiger partial charge on any atom is -0.493 e. The van der Waals surface area contributed by atoms with Crippen LogP contribution in [-0.2, 0) is 0 Å². The zero-order valence-electron chi connectivity index (χ0n) is 10.7. The van der Waals surface area contributed by atoms with Gasteiger partial charge in [0.05, 0.1) is 25.6 Å². The molecular weight excluding hydrogens is 216 g/mol. The van der Waals surface area contributed by atoms with Gasteiger partial charge in [0.25, 0.3) is 0 Å². The average Bonchev–Trinajstić information content (AvgIpc) is 2.38. The van der Waals surface area contributed by atoms with E-state index in [1.165, 1.54) is 5.69 Å². The summed E-state index contributed by atoms with van der Waals surface area (Å²) < 4.78 is 10.7. The first-order valence-corrected chi connectivity index (χ1v) is 6.05. The summed E-state index contributed by atoms with van der Waals surface area (Å²) in [6.07, 6.45) is 1.15. The Morgan fingerprint density at radius 3 is 2.59 bits per heavy atom. The molecule has 17 heavy (non-hydrogen) atoms. The third-order valence-electron chi connectivity index (χ3n) is 3.03. The van der Waals surface area contributed by atoms with Crippen molar-refractivity contribution in [3.8, 4) is 11.5 Å². The summed E-state index contributed by atoms with van der Waals surface area (Å²) in [5.74, 6) is 1.56. The highest BCUT2D eigenvalue weighted by Crippen LogP contribution is 2.39. The highest BCUT2D eigenvalue weighted by Gasteiger charge is 2.19. The number of nitrogens with zero attached hydrogens (tertiary/aromatic N) is 1. The maximum atomic E-state index is 5.35. The monoisotopic (exact) mass is 236 g/mol. The number of fused-ring (bicyclic) bond motifs is 1. The van der Waals surface area contributed by atoms with Gasteiger partial charge in [-0.2, -0.15) is 0 Å². The van der Waals surface area contributed by atoms with Gasteiger partial charge >= 0.3 is 0 Å². The number of rotatable bonds is 4. The molecule has 0 unspecified atom stereocenters. The SMILES string of the molecule is CCCN1CCNc2cc(OC)c(OC)cc21. The Hall–Kier alpha value is -1.58. The molecule has 1 aliphatic rings. The Labute approximate surface area is 103 Å². The Bertz CT molecular complexity index is 393. The van der Waals surface area contributed by atoms with Crippen molar-refractivity contribution in [3.63, 3.8) is 0 Å². The first-order chi connectivity index (χ1) is 8.30. The summed E-state index contributed by atoms with van der Waals surface area (Å²) in [6, 6.07) is 4.06. The van der Waals surface area contributed by atoms with E-state index in [1.807, 2.05) is 6.07 Å². The highest BCUT2D eigenvalue weighted by atomic mass is 16.5. The fraction of sp³-hybridized carbons (Fsp3) is 0.538. The molecule has 0 aliphatic carbocycles. The standard InChI is InChI=1S/C13H20N2O2/c1-4-6-15-7-5-14-10-8-12(16-2)13(17-3)9-11(10)15/h8-9,14H,4-7H2,1-3H3. The van der Waals surface area contributed by atoms with Crippen LogP contribution in [0.15, 0.2) is 12.1 Å². The quantitative estimate of drug-likeness (QED) is 0.870. The molecular formula is C13H20N2O2. The zero-order chi connectivity index (χ0) is 12.3. The number of methoxy groups -OCH3 is 2. The summed E-state index contributed by atoms with van der Waals surface area (Å²) >= 11 is 0. The van der Waals surface area contributed by atoms with Crippen LogP contribution in [0.3, 0.4) is 0 Å². The summed E-state index contributed by atoms with van der Waals surface area (Å²) in [7, 11) is 3.33. The van der Waals surface area contributed by atoms with Gasteiger partial charge in [0.2, 0.25) is 0 Å². The van der Waals surface area contributed by atoms with Crippen LogP contribution >= 0.6 is 0 Å². The molecule has 1 heterocycles. The van der Waals surface area contributed by atoms with Gasteiger partial charge in [0, 0.05) is 31.8 Å². The van der Waals surface area contributed by atoms with E-state index in [0.29, 0.717) is 0 Å². The Kier molecular flexibility index (Phi) is 3.61. The molecule has 0 aromatic heterocycles. The van der Waals surface area contributed by atoms with Crippen LogP contribution in [0.1, 0.15) is 13.3 Å². The van der Waals surface area contributed by atoms with Crippen molar-refractivity contribution in [1.82, 2.24) is 0 Å². The second-order valence-electron chi connectivity index (χ2n) is 4.14. The fourth-order valence-electron chi connectivity index (χ4n) is 2.22. The minimum absolute atomic E-state index is 0.775. The lowest BCUT2D eigenvalue weighted by molar-refractivity contribution is 0.355. The lowest BCUT2D eigenvalue weighted by Gasteiger charge is -2.32. The Morgan fingerprint density at radius 1 is 1.24 bits per heavy atom. The molecule has 0 saturated heterocycles. The van der Waals surface area contributed by atoms with Gasteiger partial charge in [0.1, 0.15) is 0 Å². The number of hydrogen-bond acceptors (Lipinski definition) is 4. The van der Waals surface area contributed by atoms with Gasteiger partial charge in [-0.05, 0) is 6.42 Å². The molecule has 1 aromatic rings. The van der Waals surface area contributed by atoms with E-state index in [2.05, 4.69) is 23.2 Å². The number of anilines is 2. The molecule has 0 spiro atoms. The maximum absolute atomic E-state index is 5.35. The molecule has 1 aromatic carbocycles. The van der Waals surface area contributed by atoms with Crippen molar-refractivity contribution in [2.75, 3.05) is 44.1 Å². The van der Waals surface area contributed by atoms with Gasteiger partial charge in [-0.15, -0.1) is 0 Å². The number of hydrogen-bond donors (Lipinski definition) is 1. The number of ether oxygens (including phenoxy) is 2. The molecule has 0 amide bonds. The number of benzene rings is 1. The maximum Gasteiger partial charge on any atom is 0.162 e. The normalized spacial score (nSPS) is 13.9. The first kappa shape index (κ1) is 11.9. The van der Waals surface area contributed by atoms with Gasteiger partial charge in [0.15, 0.2) is 11.5 Å². The van der Waals surface area contributed by atoms with Crippen molar-refractivity contribution in [3.05, 3.63) is 12.1 Å². The van der Waals surface area contributed by atoms with E-state index >= 15 is 0 Å². The molecule has 0 atom stereocenters. The fourth-order valence-corrected chi connectivity index (χ4v) is 2.22. The first-order valence-electron chi connectivity index (χ1n) is 6.05. The molecule has 0 bridgehead atoms. The van der Waals surface area contributed by atoms with Gasteiger partial charge in [-0.1, -0.05) is 6.92 Å². The minimum atomic E-state index is 0.775. The van der Waals surface area contributed by atoms with Crippen molar-refractivity contribution >= 4 is 11.4 Å². The van der Waals surface area contributed by atoms with E-state index in [-0.39, 0.29) is 0 Å². The Morgan fingerprint density at radius 2 is 1.94 bits per heavy atom. The molecule has 0 fully saturated rings. The zero-order valence-corrected chi connectivity index (χ0v) is 10.7. The molecule has 1 N–H and O–H groups in total. The van der Waals surface area contributed by atoms with Crippen LogP contribution in [0.4, 0.5) is 11.4 Å². The van der Waals surface area contributed by atoms with Crippen molar-refractivity contribution < 1.29 is 9.47 Å². The Balaban J connectivity index is 2.39. The van der Waals surface area contributed by atoms with Crippen molar-refractivity contribution in [1.29, 1.82) is 0 Å². The highest BCUT2D eigenvalue weighted by molar-refractivity contribution is 5.76. The molecule has 2 rings (SSSR count). The van der Waals surface area contributed by atoms with Crippen LogP contribution in [0.5, 0.6) is 11.5 Å².